The predicted molar refractivity (Wildman–Crippen MR) is 103 cm³/mol. The Morgan fingerprint density at radius 1 is 0.929 bits per heavy atom. The lowest BCUT2D eigenvalue weighted by molar-refractivity contribution is 0.0535. The lowest BCUT2D eigenvalue weighted by Crippen LogP contribution is -2.50. The highest BCUT2D eigenvalue weighted by molar-refractivity contribution is 7.92. The summed E-state index contributed by atoms with van der Waals surface area (Å²) >= 11 is 0. The van der Waals surface area contributed by atoms with Crippen LogP contribution < -0.4 is 4.31 Å². The number of hydrogen-bond acceptors (Lipinski definition) is 5. The largest absolute Gasteiger partial charge is 0.472 e. The topological polar surface area (TPSA) is 91.1 Å². The molecule has 1 aromatic heterocycles. The molecule has 9 heteroatoms. The molecular formula is C19H21N3O5S. The quantitative estimate of drug-likeness (QED) is 0.768. The van der Waals surface area contributed by atoms with Gasteiger partial charge in [0.15, 0.2) is 0 Å². The summed E-state index contributed by atoms with van der Waals surface area (Å²) in [6, 6.07) is 6.79. The highest BCUT2D eigenvalue weighted by atomic mass is 32.2. The van der Waals surface area contributed by atoms with Crippen LogP contribution in [0.1, 0.15) is 26.3 Å². The molecule has 0 N–H and O–H groups in total. The fraction of sp³-hybridized carbons (Fsp3) is 0.368. The van der Waals surface area contributed by atoms with Crippen molar-refractivity contribution in [3.05, 3.63) is 53.5 Å². The molecule has 1 saturated heterocycles. The molecule has 148 valence electrons. The lowest BCUT2D eigenvalue weighted by atomic mass is 10.1. The molecule has 2 aliphatic rings. The SMILES string of the molecule is CS(=O)(=O)N1CCc2cc(C(=O)N3CCN(C(=O)c4ccoc4)CC3)ccc21. The van der Waals surface area contributed by atoms with Crippen molar-refractivity contribution in [1.29, 1.82) is 0 Å². The van der Waals surface area contributed by atoms with Crippen LogP contribution in [0.3, 0.4) is 0 Å². The van der Waals surface area contributed by atoms with E-state index in [9.17, 15) is 18.0 Å². The van der Waals surface area contributed by atoms with Crippen LogP contribution in [0.4, 0.5) is 5.69 Å². The van der Waals surface area contributed by atoms with Gasteiger partial charge in [-0.2, -0.15) is 0 Å². The molecule has 0 aliphatic carbocycles. The fourth-order valence-electron chi connectivity index (χ4n) is 3.71. The number of anilines is 1. The Labute approximate surface area is 163 Å². The second-order valence-electron chi connectivity index (χ2n) is 7.03. The summed E-state index contributed by atoms with van der Waals surface area (Å²) in [5.74, 6) is -0.199. The highest BCUT2D eigenvalue weighted by Crippen LogP contribution is 2.31. The van der Waals surface area contributed by atoms with Gasteiger partial charge in [-0.3, -0.25) is 13.9 Å². The first kappa shape index (κ1) is 18.5. The van der Waals surface area contributed by atoms with Crippen molar-refractivity contribution in [2.75, 3.05) is 43.3 Å². The van der Waals surface area contributed by atoms with E-state index in [1.807, 2.05) is 0 Å². The van der Waals surface area contributed by atoms with E-state index < -0.39 is 10.0 Å². The predicted octanol–water partition coefficient (Wildman–Crippen LogP) is 1.20. The third kappa shape index (κ3) is 3.37. The number of sulfonamides is 1. The van der Waals surface area contributed by atoms with Crippen LogP contribution >= 0.6 is 0 Å². The van der Waals surface area contributed by atoms with Crippen LogP contribution in [-0.2, 0) is 16.4 Å². The van der Waals surface area contributed by atoms with Crippen molar-refractivity contribution in [3.8, 4) is 0 Å². The Morgan fingerprint density at radius 2 is 1.57 bits per heavy atom. The number of furan rings is 1. The molecule has 0 saturated carbocycles. The Kier molecular flexibility index (Phi) is 4.62. The number of carbonyl (C=O) groups excluding carboxylic acids is 2. The van der Waals surface area contributed by atoms with Crippen molar-refractivity contribution in [2.45, 2.75) is 6.42 Å². The minimum atomic E-state index is -3.31. The second-order valence-corrected chi connectivity index (χ2v) is 8.93. The van der Waals surface area contributed by atoms with Gasteiger partial charge < -0.3 is 14.2 Å². The fourth-order valence-corrected chi connectivity index (χ4v) is 4.67. The molecule has 0 spiro atoms. The smallest absolute Gasteiger partial charge is 0.257 e. The van der Waals surface area contributed by atoms with E-state index in [0.29, 0.717) is 56.0 Å². The van der Waals surface area contributed by atoms with Gasteiger partial charge in [-0.05, 0) is 36.2 Å². The first-order chi connectivity index (χ1) is 13.3. The Bertz CT molecular complexity index is 1010. The number of benzene rings is 1. The second kappa shape index (κ2) is 6.97. The number of carbonyl (C=O) groups is 2. The van der Waals surface area contributed by atoms with E-state index in [2.05, 4.69) is 0 Å². The first-order valence-electron chi connectivity index (χ1n) is 9.06. The van der Waals surface area contributed by atoms with Gasteiger partial charge in [-0.25, -0.2) is 8.42 Å². The van der Waals surface area contributed by atoms with Gasteiger partial charge in [-0.15, -0.1) is 0 Å². The normalized spacial score (nSPS) is 17.0. The molecule has 0 atom stereocenters. The van der Waals surface area contributed by atoms with Crippen molar-refractivity contribution in [3.63, 3.8) is 0 Å². The van der Waals surface area contributed by atoms with Gasteiger partial charge >= 0.3 is 0 Å². The molecule has 0 bridgehead atoms. The Morgan fingerprint density at radius 3 is 2.14 bits per heavy atom. The van der Waals surface area contributed by atoms with Crippen LogP contribution in [0.15, 0.2) is 41.2 Å². The number of fused-ring (bicyclic) bond motifs is 1. The van der Waals surface area contributed by atoms with Crippen molar-refractivity contribution in [2.24, 2.45) is 0 Å². The third-order valence-corrected chi connectivity index (χ3v) is 6.38. The van der Waals surface area contributed by atoms with Gasteiger partial charge in [0, 0.05) is 38.3 Å². The summed E-state index contributed by atoms with van der Waals surface area (Å²) in [6.45, 7) is 2.23. The molecule has 3 heterocycles. The van der Waals surface area contributed by atoms with Gasteiger partial charge in [0.05, 0.1) is 23.8 Å². The van der Waals surface area contributed by atoms with E-state index in [4.69, 9.17) is 4.42 Å². The first-order valence-corrected chi connectivity index (χ1v) is 10.9. The third-order valence-electron chi connectivity index (χ3n) is 5.20. The maximum atomic E-state index is 12.9. The van der Waals surface area contributed by atoms with Gasteiger partial charge in [0.1, 0.15) is 6.26 Å². The van der Waals surface area contributed by atoms with E-state index in [1.165, 1.54) is 23.1 Å². The maximum Gasteiger partial charge on any atom is 0.257 e. The van der Waals surface area contributed by atoms with Crippen LogP contribution in [0.25, 0.3) is 0 Å². The molecule has 1 fully saturated rings. The standard InChI is InChI=1S/C19H21N3O5S/c1-28(25,26)22-6-4-14-12-15(2-3-17(14)22)18(23)20-7-9-21(10-8-20)19(24)16-5-11-27-13-16/h2-3,5,11-13H,4,6-10H2,1H3. The Hall–Kier alpha value is -2.81. The highest BCUT2D eigenvalue weighted by Gasteiger charge is 2.29. The number of hydrogen-bond donors (Lipinski definition) is 0. The van der Waals surface area contributed by atoms with E-state index in [1.54, 1.807) is 34.1 Å². The number of piperazine rings is 1. The molecule has 1 aromatic carbocycles. The van der Waals surface area contributed by atoms with Crippen LogP contribution in [0.2, 0.25) is 0 Å². The molecule has 4 rings (SSSR count). The zero-order valence-corrected chi connectivity index (χ0v) is 16.3. The lowest BCUT2D eigenvalue weighted by Gasteiger charge is -2.34. The average molecular weight is 403 g/mol. The van der Waals surface area contributed by atoms with Crippen LogP contribution in [-0.4, -0.2) is 69.0 Å². The maximum absolute atomic E-state index is 12.9. The summed E-state index contributed by atoms with van der Waals surface area (Å²) in [5.41, 5.74) is 2.57. The zero-order valence-electron chi connectivity index (χ0n) is 15.5. The van der Waals surface area contributed by atoms with Gasteiger partial charge in [0.2, 0.25) is 10.0 Å². The molecule has 2 aliphatic heterocycles. The molecule has 0 radical (unpaired) electrons. The summed E-state index contributed by atoms with van der Waals surface area (Å²) in [4.78, 5) is 28.7. The molecule has 8 nitrogen and oxygen atoms in total. The van der Waals surface area contributed by atoms with E-state index >= 15 is 0 Å². The molecule has 2 amide bonds. The molecule has 2 aromatic rings. The Balaban J connectivity index is 1.43. The van der Waals surface area contributed by atoms with Crippen molar-refractivity contribution in [1.82, 2.24) is 9.80 Å². The van der Waals surface area contributed by atoms with Crippen molar-refractivity contribution >= 4 is 27.5 Å². The van der Waals surface area contributed by atoms with Crippen LogP contribution in [0, 0.1) is 0 Å². The van der Waals surface area contributed by atoms with E-state index in [-0.39, 0.29) is 11.8 Å². The van der Waals surface area contributed by atoms with Crippen LogP contribution in [0.5, 0.6) is 0 Å². The number of nitrogens with zero attached hydrogens (tertiary/aromatic N) is 3. The zero-order chi connectivity index (χ0) is 19.9. The van der Waals surface area contributed by atoms with Gasteiger partial charge in [0.25, 0.3) is 11.8 Å². The molecular weight excluding hydrogens is 382 g/mol. The van der Waals surface area contributed by atoms with Crippen molar-refractivity contribution < 1.29 is 22.4 Å². The minimum absolute atomic E-state index is 0.0979. The summed E-state index contributed by atoms with van der Waals surface area (Å²) in [6.07, 6.45) is 4.66. The average Bonchev–Trinajstić information content (AvgIpc) is 3.35. The summed E-state index contributed by atoms with van der Waals surface area (Å²) in [5, 5.41) is 0. The minimum Gasteiger partial charge on any atom is -0.472 e. The molecule has 0 unspecified atom stereocenters. The number of amides is 2. The summed E-state index contributed by atoms with van der Waals surface area (Å²) < 4.78 is 30.0. The monoisotopic (exact) mass is 403 g/mol. The van der Waals surface area contributed by atoms with E-state index in [0.717, 1.165) is 5.56 Å². The summed E-state index contributed by atoms with van der Waals surface area (Å²) in [7, 11) is -3.31. The molecule has 28 heavy (non-hydrogen) atoms. The number of rotatable bonds is 3. The van der Waals surface area contributed by atoms with Gasteiger partial charge in [-0.1, -0.05) is 0 Å².